The quantitative estimate of drug-likeness (QED) is 0.737. The first-order valence-corrected chi connectivity index (χ1v) is 4.41. The molecule has 0 aliphatic rings. The van der Waals surface area contributed by atoms with Gasteiger partial charge in [-0.1, -0.05) is 24.4 Å². The molecule has 0 amide bonds. The standard InChI is InChI=1S/C10H12FNS/c1-10(2,9(12)13)7-3-5-8(11)6-4-7/h3-6H,1-2H3,(H2,12,13). The normalized spacial score (nSPS) is 11.3. The van der Waals surface area contributed by atoms with Gasteiger partial charge in [0.2, 0.25) is 0 Å². The Kier molecular flexibility index (Phi) is 2.66. The van der Waals surface area contributed by atoms with Gasteiger partial charge in [0.15, 0.2) is 0 Å². The molecule has 70 valence electrons. The maximum absolute atomic E-state index is 12.6. The molecule has 0 spiro atoms. The highest BCUT2D eigenvalue weighted by molar-refractivity contribution is 7.80. The Morgan fingerprint density at radius 3 is 2.15 bits per heavy atom. The summed E-state index contributed by atoms with van der Waals surface area (Å²) in [7, 11) is 0. The molecule has 1 aromatic carbocycles. The van der Waals surface area contributed by atoms with Gasteiger partial charge in [-0.05, 0) is 31.5 Å². The lowest BCUT2D eigenvalue weighted by Gasteiger charge is -2.23. The zero-order valence-electron chi connectivity index (χ0n) is 7.67. The zero-order valence-corrected chi connectivity index (χ0v) is 8.49. The van der Waals surface area contributed by atoms with Crippen molar-refractivity contribution in [3.63, 3.8) is 0 Å². The summed E-state index contributed by atoms with van der Waals surface area (Å²) in [4.78, 5) is 0.416. The molecule has 0 atom stereocenters. The smallest absolute Gasteiger partial charge is 0.123 e. The second kappa shape index (κ2) is 3.42. The average Bonchev–Trinajstić information content (AvgIpc) is 2.04. The highest BCUT2D eigenvalue weighted by Crippen LogP contribution is 2.23. The number of nitrogens with two attached hydrogens (primary N) is 1. The van der Waals surface area contributed by atoms with Crippen LogP contribution in [0.4, 0.5) is 4.39 Å². The van der Waals surface area contributed by atoms with E-state index in [0.717, 1.165) is 5.56 Å². The minimum atomic E-state index is -0.372. The lowest BCUT2D eigenvalue weighted by atomic mass is 9.85. The van der Waals surface area contributed by atoms with Crippen LogP contribution < -0.4 is 5.73 Å². The molecule has 2 N–H and O–H groups in total. The highest BCUT2D eigenvalue weighted by Gasteiger charge is 2.23. The van der Waals surface area contributed by atoms with Crippen molar-refractivity contribution >= 4 is 17.2 Å². The van der Waals surface area contributed by atoms with Gasteiger partial charge in [0.1, 0.15) is 5.82 Å². The molecule has 0 saturated carbocycles. The van der Waals surface area contributed by atoms with Crippen molar-refractivity contribution in [1.82, 2.24) is 0 Å². The third-order valence-corrected chi connectivity index (χ3v) is 2.69. The maximum Gasteiger partial charge on any atom is 0.123 e. The van der Waals surface area contributed by atoms with E-state index >= 15 is 0 Å². The van der Waals surface area contributed by atoms with Crippen molar-refractivity contribution in [3.8, 4) is 0 Å². The van der Waals surface area contributed by atoms with Crippen molar-refractivity contribution in [2.24, 2.45) is 5.73 Å². The second-order valence-electron chi connectivity index (χ2n) is 3.50. The van der Waals surface area contributed by atoms with Crippen LogP contribution in [0.25, 0.3) is 0 Å². The van der Waals surface area contributed by atoms with Crippen molar-refractivity contribution < 1.29 is 4.39 Å². The van der Waals surface area contributed by atoms with Crippen molar-refractivity contribution in [1.29, 1.82) is 0 Å². The Bertz CT molecular complexity index is 316. The molecular weight excluding hydrogens is 185 g/mol. The van der Waals surface area contributed by atoms with Crippen LogP contribution in [0.15, 0.2) is 24.3 Å². The van der Waals surface area contributed by atoms with Gasteiger partial charge in [-0.25, -0.2) is 4.39 Å². The molecule has 0 aliphatic carbocycles. The van der Waals surface area contributed by atoms with Gasteiger partial charge in [0, 0.05) is 5.41 Å². The molecule has 1 aromatic rings. The summed E-state index contributed by atoms with van der Waals surface area (Å²) >= 11 is 4.93. The van der Waals surface area contributed by atoms with E-state index in [1.807, 2.05) is 13.8 Å². The Morgan fingerprint density at radius 1 is 1.31 bits per heavy atom. The molecule has 1 rings (SSSR count). The van der Waals surface area contributed by atoms with Gasteiger partial charge in [-0.3, -0.25) is 0 Å². The summed E-state index contributed by atoms with van der Waals surface area (Å²) in [5, 5.41) is 0. The zero-order chi connectivity index (χ0) is 10.1. The first-order valence-electron chi connectivity index (χ1n) is 4.00. The van der Waals surface area contributed by atoms with Crippen LogP contribution in [-0.4, -0.2) is 4.99 Å². The summed E-state index contributed by atoms with van der Waals surface area (Å²) in [6.07, 6.45) is 0. The molecule has 0 aliphatic heterocycles. The van der Waals surface area contributed by atoms with Crippen molar-refractivity contribution in [3.05, 3.63) is 35.6 Å². The van der Waals surface area contributed by atoms with E-state index in [-0.39, 0.29) is 11.2 Å². The number of benzene rings is 1. The topological polar surface area (TPSA) is 26.0 Å². The van der Waals surface area contributed by atoms with Crippen LogP contribution in [-0.2, 0) is 5.41 Å². The van der Waals surface area contributed by atoms with Crippen LogP contribution in [0.2, 0.25) is 0 Å². The molecule has 0 fully saturated rings. The van der Waals surface area contributed by atoms with E-state index in [1.54, 1.807) is 12.1 Å². The summed E-state index contributed by atoms with van der Waals surface area (Å²) in [5.74, 6) is -0.248. The first-order chi connectivity index (χ1) is 5.94. The van der Waals surface area contributed by atoms with Gasteiger partial charge in [0.05, 0.1) is 4.99 Å². The summed E-state index contributed by atoms with van der Waals surface area (Å²) in [6, 6.07) is 6.23. The lowest BCUT2D eigenvalue weighted by molar-refractivity contribution is 0.624. The summed E-state index contributed by atoms with van der Waals surface area (Å²) in [6.45, 7) is 3.84. The van der Waals surface area contributed by atoms with E-state index in [2.05, 4.69) is 0 Å². The molecule has 0 saturated heterocycles. The van der Waals surface area contributed by atoms with E-state index in [9.17, 15) is 4.39 Å². The van der Waals surface area contributed by atoms with Crippen LogP contribution in [0, 0.1) is 5.82 Å². The van der Waals surface area contributed by atoms with Crippen LogP contribution in [0.3, 0.4) is 0 Å². The lowest BCUT2D eigenvalue weighted by Crippen LogP contribution is -2.33. The van der Waals surface area contributed by atoms with Crippen LogP contribution >= 0.6 is 12.2 Å². The number of rotatable bonds is 2. The SMILES string of the molecule is CC(C)(C(N)=S)c1ccc(F)cc1. The maximum atomic E-state index is 12.6. The Labute approximate surface area is 82.8 Å². The largest absolute Gasteiger partial charge is 0.393 e. The Morgan fingerprint density at radius 2 is 1.77 bits per heavy atom. The number of hydrogen-bond donors (Lipinski definition) is 1. The average molecular weight is 197 g/mol. The Hall–Kier alpha value is -0.960. The molecule has 0 bridgehead atoms. The fourth-order valence-electron chi connectivity index (χ4n) is 1.01. The van der Waals surface area contributed by atoms with Crippen molar-refractivity contribution in [2.75, 3.05) is 0 Å². The van der Waals surface area contributed by atoms with Gasteiger partial charge in [0.25, 0.3) is 0 Å². The molecule has 1 nitrogen and oxygen atoms in total. The monoisotopic (exact) mass is 197 g/mol. The number of halogens is 1. The molecule has 0 heterocycles. The van der Waals surface area contributed by atoms with Crippen LogP contribution in [0.5, 0.6) is 0 Å². The van der Waals surface area contributed by atoms with Gasteiger partial charge in [-0.15, -0.1) is 0 Å². The fourth-order valence-corrected chi connectivity index (χ4v) is 1.13. The predicted molar refractivity (Wildman–Crippen MR) is 56.2 cm³/mol. The van der Waals surface area contributed by atoms with E-state index < -0.39 is 0 Å². The predicted octanol–water partition coefficient (Wildman–Crippen LogP) is 2.39. The van der Waals surface area contributed by atoms with E-state index in [0.29, 0.717) is 4.99 Å². The fraction of sp³-hybridized carbons (Fsp3) is 0.300. The molecule has 0 aromatic heterocycles. The Balaban J connectivity index is 3.08. The third-order valence-electron chi connectivity index (χ3n) is 2.18. The van der Waals surface area contributed by atoms with E-state index in [1.165, 1.54) is 12.1 Å². The first kappa shape index (κ1) is 10.1. The van der Waals surface area contributed by atoms with E-state index in [4.69, 9.17) is 18.0 Å². The van der Waals surface area contributed by atoms with Crippen LogP contribution in [0.1, 0.15) is 19.4 Å². The summed E-state index contributed by atoms with van der Waals surface area (Å²) in [5.41, 5.74) is 6.14. The molecule has 13 heavy (non-hydrogen) atoms. The minimum absolute atomic E-state index is 0.248. The molecular formula is C10H12FNS. The van der Waals surface area contributed by atoms with Gasteiger partial charge in [-0.2, -0.15) is 0 Å². The molecule has 3 heteroatoms. The number of hydrogen-bond acceptors (Lipinski definition) is 1. The number of thiocarbonyl (C=S) groups is 1. The molecule has 0 radical (unpaired) electrons. The molecule has 0 unspecified atom stereocenters. The third kappa shape index (κ3) is 2.04. The summed E-state index contributed by atoms with van der Waals surface area (Å²) < 4.78 is 12.6. The highest BCUT2D eigenvalue weighted by atomic mass is 32.1. The van der Waals surface area contributed by atoms with Crippen molar-refractivity contribution in [2.45, 2.75) is 19.3 Å². The minimum Gasteiger partial charge on any atom is -0.393 e. The van der Waals surface area contributed by atoms with Gasteiger partial charge >= 0.3 is 0 Å². The second-order valence-corrected chi connectivity index (χ2v) is 3.94. The van der Waals surface area contributed by atoms with Gasteiger partial charge < -0.3 is 5.73 Å².